The SMILES string of the molecule is CCc1cccnc1CNC(=O)C(C)NC. The van der Waals surface area contributed by atoms with Crippen molar-refractivity contribution >= 4 is 5.91 Å². The van der Waals surface area contributed by atoms with Gasteiger partial charge in [0.25, 0.3) is 0 Å². The summed E-state index contributed by atoms with van der Waals surface area (Å²) >= 11 is 0. The summed E-state index contributed by atoms with van der Waals surface area (Å²) in [6.07, 6.45) is 2.68. The minimum absolute atomic E-state index is 0.00444. The molecule has 0 bridgehead atoms. The van der Waals surface area contributed by atoms with Crippen molar-refractivity contribution in [3.8, 4) is 0 Å². The monoisotopic (exact) mass is 221 g/mol. The normalized spacial score (nSPS) is 12.2. The van der Waals surface area contributed by atoms with E-state index in [1.165, 1.54) is 5.56 Å². The van der Waals surface area contributed by atoms with E-state index in [0.717, 1.165) is 12.1 Å². The summed E-state index contributed by atoms with van der Waals surface area (Å²) in [7, 11) is 1.77. The smallest absolute Gasteiger partial charge is 0.237 e. The Hall–Kier alpha value is -1.42. The van der Waals surface area contributed by atoms with E-state index >= 15 is 0 Å². The minimum atomic E-state index is -0.172. The maximum atomic E-state index is 11.5. The molecule has 1 aromatic rings. The van der Waals surface area contributed by atoms with Gasteiger partial charge in [-0.25, -0.2) is 0 Å². The van der Waals surface area contributed by atoms with Gasteiger partial charge in [0.05, 0.1) is 18.3 Å². The topological polar surface area (TPSA) is 54.0 Å². The molecule has 0 saturated carbocycles. The van der Waals surface area contributed by atoms with Gasteiger partial charge in [-0.05, 0) is 32.0 Å². The molecular formula is C12H19N3O. The van der Waals surface area contributed by atoms with Crippen LogP contribution in [0, 0.1) is 0 Å². The van der Waals surface area contributed by atoms with E-state index < -0.39 is 0 Å². The fourth-order valence-corrected chi connectivity index (χ4v) is 1.41. The molecule has 1 unspecified atom stereocenters. The maximum absolute atomic E-state index is 11.5. The van der Waals surface area contributed by atoms with Gasteiger partial charge in [-0.1, -0.05) is 13.0 Å². The first-order valence-electron chi connectivity index (χ1n) is 5.56. The van der Waals surface area contributed by atoms with Gasteiger partial charge in [0.15, 0.2) is 0 Å². The number of hydrogen-bond donors (Lipinski definition) is 2. The van der Waals surface area contributed by atoms with Gasteiger partial charge in [-0.3, -0.25) is 9.78 Å². The number of nitrogens with zero attached hydrogens (tertiary/aromatic N) is 1. The van der Waals surface area contributed by atoms with Crippen LogP contribution in [0.5, 0.6) is 0 Å². The Bertz CT molecular complexity index is 352. The summed E-state index contributed by atoms with van der Waals surface area (Å²) < 4.78 is 0. The number of aryl methyl sites for hydroxylation is 1. The fourth-order valence-electron chi connectivity index (χ4n) is 1.41. The predicted molar refractivity (Wildman–Crippen MR) is 64.0 cm³/mol. The average molecular weight is 221 g/mol. The van der Waals surface area contributed by atoms with Crippen LogP contribution in [0.2, 0.25) is 0 Å². The molecule has 1 rings (SSSR count). The number of rotatable bonds is 5. The lowest BCUT2D eigenvalue weighted by Crippen LogP contribution is -2.40. The zero-order chi connectivity index (χ0) is 12.0. The first-order chi connectivity index (χ1) is 7.69. The Balaban J connectivity index is 2.57. The van der Waals surface area contributed by atoms with Crippen LogP contribution < -0.4 is 10.6 Å². The van der Waals surface area contributed by atoms with E-state index in [-0.39, 0.29) is 11.9 Å². The highest BCUT2D eigenvalue weighted by molar-refractivity contribution is 5.81. The van der Waals surface area contributed by atoms with Crippen LogP contribution in [-0.4, -0.2) is 24.0 Å². The molecular weight excluding hydrogens is 202 g/mol. The molecule has 88 valence electrons. The number of pyridine rings is 1. The third-order valence-electron chi connectivity index (χ3n) is 2.62. The third-order valence-corrected chi connectivity index (χ3v) is 2.62. The highest BCUT2D eigenvalue weighted by atomic mass is 16.2. The molecule has 4 nitrogen and oxygen atoms in total. The molecule has 0 aliphatic rings. The number of amides is 1. The molecule has 1 heterocycles. The second kappa shape index (κ2) is 6.23. The quantitative estimate of drug-likeness (QED) is 0.775. The van der Waals surface area contributed by atoms with Gasteiger partial charge in [0.1, 0.15) is 0 Å². The molecule has 0 spiro atoms. The highest BCUT2D eigenvalue weighted by Gasteiger charge is 2.10. The maximum Gasteiger partial charge on any atom is 0.237 e. The van der Waals surface area contributed by atoms with Crippen molar-refractivity contribution in [3.63, 3.8) is 0 Å². The molecule has 1 atom stereocenters. The predicted octanol–water partition coefficient (Wildman–Crippen LogP) is 0.868. The molecule has 0 aliphatic carbocycles. The standard InChI is InChI=1S/C12H19N3O/c1-4-10-6-5-7-14-11(10)8-15-12(16)9(2)13-3/h5-7,9,13H,4,8H2,1-3H3,(H,15,16). The van der Waals surface area contributed by atoms with E-state index in [9.17, 15) is 4.79 Å². The van der Waals surface area contributed by atoms with Crippen molar-refractivity contribution in [3.05, 3.63) is 29.6 Å². The van der Waals surface area contributed by atoms with E-state index in [1.807, 2.05) is 19.1 Å². The Morgan fingerprint density at radius 3 is 2.94 bits per heavy atom. The summed E-state index contributed by atoms with van der Waals surface area (Å²) in [4.78, 5) is 15.8. The highest BCUT2D eigenvalue weighted by Crippen LogP contribution is 2.05. The van der Waals surface area contributed by atoms with Crippen molar-refractivity contribution < 1.29 is 4.79 Å². The fraction of sp³-hybridized carbons (Fsp3) is 0.500. The van der Waals surface area contributed by atoms with Crippen molar-refractivity contribution in [2.24, 2.45) is 0 Å². The lowest BCUT2D eigenvalue weighted by molar-refractivity contribution is -0.122. The third kappa shape index (κ3) is 3.31. The lowest BCUT2D eigenvalue weighted by atomic mass is 10.1. The number of nitrogens with one attached hydrogen (secondary N) is 2. The summed E-state index contributed by atoms with van der Waals surface area (Å²) in [6, 6.07) is 3.78. The second-order valence-corrected chi connectivity index (χ2v) is 3.69. The molecule has 1 amide bonds. The summed E-state index contributed by atoms with van der Waals surface area (Å²) in [5.41, 5.74) is 2.13. The largest absolute Gasteiger partial charge is 0.349 e. The summed E-state index contributed by atoms with van der Waals surface area (Å²) in [6.45, 7) is 4.40. The second-order valence-electron chi connectivity index (χ2n) is 3.69. The van der Waals surface area contributed by atoms with E-state index in [0.29, 0.717) is 6.54 Å². The molecule has 1 aromatic heterocycles. The van der Waals surface area contributed by atoms with Gasteiger partial charge in [-0.15, -0.1) is 0 Å². The number of aromatic nitrogens is 1. The number of hydrogen-bond acceptors (Lipinski definition) is 3. The van der Waals surface area contributed by atoms with Crippen molar-refractivity contribution in [2.75, 3.05) is 7.05 Å². The number of likely N-dealkylation sites (N-methyl/N-ethyl adjacent to an activating group) is 1. The molecule has 0 saturated heterocycles. The Morgan fingerprint density at radius 2 is 2.31 bits per heavy atom. The molecule has 4 heteroatoms. The first-order valence-corrected chi connectivity index (χ1v) is 5.56. The average Bonchev–Trinajstić information content (AvgIpc) is 2.35. The van der Waals surface area contributed by atoms with E-state index in [2.05, 4.69) is 22.5 Å². The molecule has 0 aromatic carbocycles. The Labute approximate surface area is 96.5 Å². The Morgan fingerprint density at radius 1 is 1.56 bits per heavy atom. The van der Waals surface area contributed by atoms with Crippen LogP contribution in [0.4, 0.5) is 0 Å². The Kier molecular flexibility index (Phi) is 4.92. The molecule has 2 N–H and O–H groups in total. The lowest BCUT2D eigenvalue weighted by Gasteiger charge is -2.12. The van der Waals surface area contributed by atoms with Gasteiger partial charge < -0.3 is 10.6 Å². The van der Waals surface area contributed by atoms with Gasteiger partial charge >= 0.3 is 0 Å². The molecule has 0 radical (unpaired) electrons. The van der Waals surface area contributed by atoms with Crippen molar-refractivity contribution in [2.45, 2.75) is 32.9 Å². The van der Waals surface area contributed by atoms with Gasteiger partial charge in [0.2, 0.25) is 5.91 Å². The van der Waals surface area contributed by atoms with Crippen LogP contribution in [0.15, 0.2) is 18.3 Å². The summed E-state index contributed by atoms with van der Waals surface area (Å²) in [5.74, 6) is -0.00444. The van der Waals surface area contributed by atoms with Crippen LogP contribution in [0.1, 0.15) is 25.1 Å². The van der Waals surface area contributed by atoms with Crippen LogP contribution in [-0.2, 0) is 17.8 Å². The van der Waals surface area contributed by atoms with Gasteiger partial charge in [0, 0.05) is 6.20 Å². The van der Waals surface area contributed by atoms with Crippen molar-refractivity contribution in [1.29, 1.82) is 0 Å². The van der Waals surface area contributed by atoms with E-state index in [1.54, 1.807) is 13.2 Å². The van der Waals surface area contributed by atoms with Crippen LogP contribution >= 0.6 is 0 Å². The number of carbonyl (C=O) groups is 1. The molecule has 16 heavy (non-hydrogen) atoms. The van der Waals surface area contributed by atoms with Crippen molar-refractivity contribution in [1.82, 2.24) is 15.6 Å². The van der Waals surface area contributed by atoms with Crippen LogP contribution in [0.25, 0.3) is 0 Å². The molecule has 0 fully saturated rings. The van der Waals surface area contributed by atoms with Crippen LogP contribution in [0.3, 0.4) is 0 Å². The zero-order valence-electron chi connectivity index (χ0n) is 10.1. The minimum Gasteiger partial charge on any atom is -0.349 e. The first kappa shape index (κ1) is 12.6. The molecule has 0 aliphatic heterocycles. The van der Waals surface area contributed by atoms with Gasteiger partial charge in [-0.2, -0.15) is 0 Å². The zero-order valence-corrected chi connectivity index (χ0v) is 10.1. The summed E-state index contributed by atoms with van der Waals surface area (Å²) in [5, 5.41) is 5.76. The van der Waals surface area contributed by atoms with E-state index in [4.69, 9.17) is 0 Å². The number of carbonyl (C=O) groups excluding carboxylic acids is 1.